The van der Waals surface area contributed by atoms with E-state index >= 15 is 0 Å². The van der Waals surface area contributed by atoms with E-state index in [4.69, 9.17) is 14.6 Å². The van der Waals surface area contributed by atoms with Crippen LogP contribution in [0.25, 0.3) is 6.08 Å². The summed E-state index contributed by atoms with van der Waals surface area (Å²) in [5.74, 6) is -0.794. The Kier molecular flexibility index (Phi) is 7.32. The summed E-state index contributed by atoms with van der Waals surface area (Å²) < 4.78 is 11.4. The number of carboxylic acid groups (broad SMARTS) is 1. The maximum absolute atomic E-state index is 12.6. The molecule has 0 unspecified atom stereocenters. The van der Waals surface area contributed by atoms with Gasteiger partial charge < -0.3 is 14.6 Å². The molecule has 1 atom stereocenters. The van der Waals surface area contributed by atoms with Crippen molar-refractivity contribution in [3.8, 4) is 11.5 Å². The normalized spacial score (nSPS) is 16.7. The Morgan fingerprint density at radius 1 is 1.30 bits per heavy atom. The minimum absolute atomic E-state index is 0.169. The highest BCUT2D eigenvalue weighted by Gasteiger charge is 2.37. The summed E-state index contributed by atoms with van der Waals surface area (Å²) in [5.41, 5.74) is 0.621. The van der Waals surface area contributed by atoms with E-state index in [1.165, 1.54) is 4.90 Å². The molecule has 1 aliphatic rings. The number of thioether (sulfide) groups is 1. The third-order valence-corrected chi connectivity index (χ3v) is 5.43. The molecule has 2 rings (SSSR count). The summed E-state index contributed by atoms with van der Waals surface area (Å²) >= 11 is 4.29. The Balaban J connectivity index is 2.37. The zero-order valence-electron chi connectivity index (χ0n) is 15.2. The summed E-state index contributed by atoms with van der Waals surface area (Å²) in [6.07, 6.45) is 2.29. The SMILES string of the molecule is CCOc1cc(/C=C2\SC(=O)N([C@H](C)CC)C2=O)c(Br)cc1OCC(=O)O. The molecule has 1 aromatic carbocycles. The number of amides is 2. The van der Waals surface area contributed by atoms with Gasteiger partial charge in [-0.05, 0) is 55.8 Å². The van der Waals surface area contributed by atoms with Crippen molar-refractivity contribution >= 4 is 50.9 Å². The quantitative estimate of drug-likeness (QED) is 0.585. The number of aliphatic carboxylic acids is 1. The van der Waals surface area contributed by atoms with Gasteiger partial charge in [-0.2, -0.15) is 0 Å². The predicted molar refractivity (Wildman–Crippen MR) is 106 cm³/mol. The van der Waals surface area contributed by atoms with Gasteiger partial charge in [0.1, 0.15) is 0 Å². The maximum Gasteiger partial charge on any atom is 0.341 e. The van der Waals surface area contributed by atoms with Crippen LogP contribution in [-0.4, -0.2) is 46.4 Å². The molecule has 1 fully saturated rings. The highest BCUT2D eigenvalue weighted by Crippen LogP contribution is 2.38. The molecule has 0 aromatic heterocycles. The summed E-state index contributed by atoms with van der Waals surface area (Å²) in [6.45, 7) is 5.39. The summed E-state index contributed by atoms with van der Waals surface area (Å²) in [4.78, 5) is 37.0. The van der Waals surface area contributed by atoms with E-state index in [0.717, 1.165) is 11.8 Å². The molecule has 2 amide bonds. The number of nitrogens with zero attached hydrogens (tertiary/aromatic N) is 1. The number of benzene rings is 1. The second kappa shape index (κ2) is 9.27. The second-order valence-corrected chi connectivity index (χ2v) is 7.59. The minimum Gasteiger partial charge on any atom is -0.490 e. The lowest BCUT2D eigenvalue weighted by atomic mass is 10.1. The molecule has 27 heavy (non-hydrogen) atoms. The third kappa shape index (κ3) is 5.04. The molecule has 0 bridgehead atoms. The summed E-state index contributed by atoms with van der Waals surface area (Å²) in [5, 5.41) is 8.50. The average molecular weight is 458 g/mol. The predicted octanol–water partition coefficient (Wildman–Crippen LogP) is 4.15. The van der Waals surface area contributed by atoms with Gasteiger partial charge in [-0.1, -0.05) is 22.9 Å². The van der Waals surface area contributed by atoms with Gasteiger partial charge in [0.2, 0.25) is 0 Å². The van der Waals surface area contributed by atoms with Crippen LogP contribution >= 0.6 is 27.7 Å². The van der Waals surface area contributed by atoms with Gasteiger partial charge in [0.25, 0.3) is 11.1 Å². The number of hydrogen-bond donors (Lipinski definition) is 1. The van der Waals surface area contributed by atoms with E-state index in [1.807, 2.05) is 13.8 Å². The van der Waals surface area contributed by atoms with Gasteiger partial charge in [-0.15, -0.1) is 0 Å². The fourth-order valence-electron chi connectivity index (χ4n) is 2.37. The van der Waals surface area contributed by atoms with Crippen molar-refractivity contribution in [3.05, 3.63) is 27.1 Å². The molecule has 7 nitrogen and oxygen atoms in total. The topological polar surface area (TPSA) is 93.1 Å². The van der Waals surface area contributed by atoms with Crippen LogP contribution < -0.4 is 9.47 Å². The molecular formula is C18H20BrNO6S. The number of ether oxygens (including phenoxy) is 2. The number of imide groups is 1. The largest absolute Gasteiger partial charge is 0.490 e. The van der Waals surface area contributed by atoms with Crippen LogP contribution in [0.15, 0.2) is 21.5 Å². The van der Waals surface area contributed by atoms with E-state index in [0.29, 0.717) is 33.7 Å². The maximum atomic E-state index is 12.6. The van der Waals surface area contributed by atoms with Gasteiger partial charge in [0, 0.05) is 10.5 Å². The molecule has 0 spiro atoms. The van der Waals surface area contributed by atoms with Gasteiger partial charge >= 0.3 is 5.97 Å². The van der Waals surface area contributed by atoms with Crippen LogP contribution in [0.1, 0.15) is 32.8 Å². The fraction of sp³-hybridized carbons (Fsp3) is 0.389. The molecular weight excluding hydrogens is 438 g/mol. The van der Waals surface area contributed by atoms with Gasteiger partial charge in [0.05, 0.1) is 11.5 Å². The first-order valence-corrected chi connectivity index (χ1v) is 9.97. The van der Waals surface area contributed by atoms with E-state index in [2.05, 4.69) is 15.9 Å². The van der Waals surface area contributed by atoms with Crippen LogP contribution in [0.5, 0.6) is 11.5 Å². The van der Waals surface area contributed by atoms with Crippen molar-refractivity contribution in [1.82, 2.24) is 4.90 Å². The van der Waals surface area contributed by atoms with Crippen LogP contribution in [-0.2, 0) is 9.59 Å². The first-order chi connectivity index (χ1) is 12.8. The van der Waals surface area contributed by atoms with Crippen molar-refractivity contribution < 1.29 is 29.0 Å². The molecule has 1 saturated heterocycles. The van der Waals surface area contributed by atoms with Crippen molar-refractivity contribution in [2.75, 3.05) is 13.2 Å². The molecule has 1 heterocycles. The Morgan fingerprint density at radius 2 is 1.96 bits per heavy atom. The van der Waals surface area contributed by atoms with Gasteiger partial charge in [-0.3, -0.25) is 14.5 Å². The van der Waals surface area contributed by atoms with Crippen molar-refractivity contribution in [2.45, 2.75) is 33.2 Å². The van der Waals surface area contributed by atoms with Crippen LogP contribution in [0.2, 0.25) is 0 Å². The molecule has 9 heteroatoms. The molecule has 0 aliphatic carbocycles. The number of carbonyl (C=O) groups excluding carboxylic acids is 2. The standard InChI is InChI=1S/C18H20BrNO6S/c1-4-10(3)20-17(23)15(27-18(20)24)7-11-6-13(25-5-2)14(8-12(11)19)26-9-16(21)22/h6-8,10H,4-5,9H2,1-3H3,(H,21,22)/b15-7-/t10-/m1/s1. The van der Waals surface area contributed by atoms with E-state index in [1.54, 1.807) is 25.1 Å². The number of hydrogen-bond acceptors (Lipinski definition) is 6. The van der Waals surface area contributed by atoms with E-state index < -0.39 is 12.6 Å². The average Bonchev–Trinajstić information content (AvgIpc) is 2.89. The molecule has 0 saturated carbocycles. The van der Waals surface area contributed by atoms with Crippen LogP contribution in [0.4, 0.5) is 4.79 Å². The van der Waals surface area contributed by atoms with Crippen molar-refractivity contribution in [1.29, 1.82) is 0 Å². The smallest absolute Gasteiger partial charge is 0.341 e. The van der Waals surface area contributed by atoms with Gasteiger partial charge in [0.15, 0.2) is 18.1 Å². The lowest BCUT2D eigenvalue weighted by molar-refractivity contribution is -0.139. The Bertz CT molecular complexity index is 794. The first-order valence-electron chi connectivity index (χ1n) is 8.36. The van der Waals surface area contributed by atoms with Crippen LogP contribution in [0, 0.1) is 0 Å². The fourth-order valence-corrected chi connectivity index (χ4v) is 3.72. The van der Waals surface area contributed by atoms with Crippen molar-refractivity contribution in [3.63, 3.8) is 0 Å². The Labute approximate surface area is 169 Å². The first kappa shape index (κ1) is 21.3. The molecule has 1 aliphatic heterocycles. The highest BCUT2D eigenvalue weighted by atomic mass is 79.9. The highest BCUT2D eigenvalue weighted by molar-refractivity contribution is 9.10. The zero-order chi connectivity index (χ0) is 20.1. The monoisotopic (exact) mass is 457 g/mol. The Hall–Kier alpha value is -2.00. The lowest BCUT2D eigenvalue weighted by Gasteiger charge is -2.19. The number of halogens is 1. The van der Waals surface area contributed by atoms with E-state index in [-0.39, 0.29) is 22.9 Å². The zero-order valence-corrected chi connectivity index (χ0v) is 17.6. The Morgan fingerprint density at radius 3 is 2.56 bits per heavy atom. The van der Waals surface area contributed by atoms with Crippen molar-refractivity contribution in [2.24, 2.45) is 0 Å². The third-order valence-electron chi connectivity index (χ3n) is 3.86. The minimum atomic E-state index is -1.10. The summed E-state index contributed by atoms with van der Waals surface area (Å²) in [6, 6.07) is 3.05. The number of carbonyl (C=O) groups is 3. The second-order valence-electron chi connectivity index (χ2n) is 5.74. The number of rotatable bonds is 8. The summed E-state index contributed by atoms with van der Waals surface area (Å²) in [7, 11) is 0. The van der Waals surface area contributed by atoms with Crippen LogP contribution in [0.3, 0.4) is 0 Å². The van der Waals surface area contributed by atoms with E-state index in [9.17, 15) is 14.4 Å². The molecule has 1 N–H and O–H groups in total. The molecule has 146 valence electrons. The number of carboxylic acids is 1. The molecule has 0 radical (unpaired) electrons. The molecule has 1 aromatic rings. The van der Waals surface area contributed by atoms with Gasteiger partial charge in [-0.25, -0.2) is 4.79 Å². The lowest BCUT2D eigenvalue weighted by Crippen LogP contribution is -2.36.